The van der Waals surface area contributed by atoms with Gasteiger partial charge in [-0.1, -0.05) is 35.6 Å². The molecule has 0 spiro atoms. The molecule has 1 amide bonds. The normalized spacial score (nSPS) is 12.4. The average molecular weight is 342 g/mol. The summed E-state index contributed by atoms with van der Waals surface area (Å²) in [6.45, 7) is 1.73. The minimum absolute atomic E-state index is 0.285. The van der Waals surface area contributed by atoms with E-state index in [1.807, 2.05) is 24.3 Å². The molecule has 0 aliphatic carbocycles. The molecule has 2 aromatic carbocycles. The SMILES string of the molecule is C[C@@H](Nc1nc2ccccc2s1)C(=O)N/N=C\c1ccc(F)cc1. The third-order valence-corrected chi connectivity index (χ3v) is 4.25. The summed E-state index contributed by atoms with van der Waals surface area (Å²) >= 11 is 1.49. The second-order valence-electron chi connectivity index (χ2n) is 5.14. The van der Waals surface area contributed by atoms with Crippen molar-refractivity contribution >= 4 is 38.8 Å². The van der Waals surface area contributed by atoms with Gasteiger partial charge in [-0.25, -0.2) is 14.8 Å². The minimum Gasteiger partial charge on any atom is -0.350 e. The summed E-state index contributed by atoms with van der Waals surface area (Å²) in [5, 5.41) is 7.61. The first-order valence-electron chi connectivity index (χ1n) is 7.32. The molecule has 0 aliphatic rings. The van der Waals surface area contributed by atoms with Gasteiger partial charge in [0.1, 0.15) is 11.9 Å². The van der Waals surface area contributed by atoms with Crippen molar-refractivity contribution in [1.29, 1.82) is 0 Å². The summed E-state index contributed by atoms with van der Waals surface area (Å²) in [7, 11) is 0. The molecule has 3 aromatic rings. The summed E-state index contributed by atoms with van der Waals surface area (Å²) in [5.41, 5.74) is 4.04. The number of rotatable bonds is 5. The Morgan fingerprint density at radius 2 is 2.00 bits per heavy atom. The number of nitrogens with zero attached hydrogens (tertiary/aromatic N) is 2. The number of para-hydroxylation sites is 1. The van der Waals surface area contributed by atoms with Crippen molar-refractivity contribution in [2.24, 2.45) is 5.10 Å². The first-order chi connectivity index (χ1) is 11.6. The number of amides is 1. The maximum Gasteiger partial charge on any atom is 0.262 e. The number of thiazole rings is 1. The van der Waals surface area contributed by atoms with Crippen molar-refractivity contribution in [3.8, 4) is 0 Å². The number of fused-ring (bicyclic) bond motifs is 1. The van der Waals surface area contributed by atoms with Crippen LogP contribution in [0, 0.1) is 5.82 Å². The fraction of sp³-hybridized carbons (Fsp3) is 0.118. The van der Waals surface area contributed by atoms with Gasteiger partial charge in [0.05, 0.1) is 16.4 Å². The molecule has 122 valence electrons. The third-order valence-electron chi connectivity index (χ3n) is 3.29. The number of nitrogens with one attached hydrogen (secondary N) is 2. The monoisotopic (exact) mass is 342 g/mol. The van der Waals surface area contributed by atoms with E-state index in [1.165, 1.54) is 29.7 Å². The van der Waals surface area contributed by atoms with Gasteiger partial charge in [-0.15, -0.1) is 0 Å². The zero-order valence-corrected chi connectivity index (χ0v) is 13.7. The maximum absolute atomic E-state index is 12.8. The van der Waals surface area contributed by atoms with Crippen molar-refractivity contribution in [2.75, 3.05) is 5.32 Å². The van der Waals surface area contributed by atoms with Gasteiger partial charge >= 0.3 is 0 Å². The molecule has 0 saturated carbocycles. The molecule has 24 heavy (non-hydrogen) atoms. The average Bonchev–Trinajstić information content (AvgIpc) is 2.98. The second-order valence-corrected chi connectivity index (χ2v) is 6.17. The molecule has 0 saturated heterocycles. The van der Waals surface area contributed by atoms with Crippen molar-refractivity contribution in [2.45, 2.75) is 13.0 Å². The Balaban J connectivity index is 1.57. The van der Waals surface area contributed by atoms with Crippen molar-refractivity contribution < 1.29 is 9.18 Å². The molecule has 1 heterocycles. The van der Waals surface area contributed by atoms with E-state index in [0.717, 1.165) is 10.2 Å². The van der Waals surface area contributed by atoms with Gasteiger partial charge in [0.2, 0.25) is 0 Å². The zero-order chi connectivity index (χ0) is 16.9. The molecule has 0 fully saturated rings. The van der Waals surface area contributed by atoms with Gasteiger partial charge in [0.25, 0.3) is 5.91 Å². The quantitative estimate of drug-likeness (QED) is 0.552. The molecule has 3 rings (SSSR count). The predicted octanol–water partition coefficient (Wildman–Crippen LogP) is 3.39. The first kappa shape index (κ1) is 16.1. The highest BCUT2D eigenvalue weighted by Crippen LogP contribution is 2.25. The van der Waals surface area contributed by atoms with E-state index in [-0.39, 0.29) is 11.7 Å². The third kappa shape index (κ3) is 3.94. The number of benzene rings is 2. The lowest BCUT2D eigenvalue weighted by Crippen LogP contribution is -2.34. The van der Waals surface area contributed by atoms with Crippen LogP contribution in [-0.2, 0) is 4.79 Å². The Bertz CT molecular complexity index is 843. The van der Waals surface area contributed by atoms with E-state index in [0.29, 0.717) is 10.7 Å². The topological polar surface area (TPSA) is 66.4 Å². The number of halogens is 1. The lowest BCUT2D eigenvalue weighted by atomic mass is 10.2. The number of hydrogen-bond acceptors (Lipinski definition) is 5. The standard InChI is InChI=1S/C17H15FN4OS/c1-11(20-17-21-14-4-2-3-5-15(14)24-17)16(23)22-19-10-12-6-8-13(18)9-7-12/h2-11H,1H3,(H,20,21)(H,22,23)/b19-10-/t11-/m1/s1. The van der Waals surface area contributed by atoms with Crippen molar-refractivity contribution in [3.63, 3.8) is 0 Å². The molecule has 0 bridgehead atoms. The zero-order valence-electron chi connectivity index (χ0n) is 12.9. The highest BCUT2D eigenvalue weighted by Gasteiger charge is 2.14. The summed E-state index contributed by atoms with van der Waals surface area (Å²) in [6, 6.07) is 13.1. The van der Waals surface area contributed by atoms with E-state index >= 15 is 0 Å². The number of hydrazone groups is 1. The number of carbonyl (C=O) groups excluding carboxylic acids is 1. The molecule has 7 heteroatoms. The van der Waals surface area contributed by atoms with Crippen LogP contribution in [-0.4, -0.2) is 23.1 Å². The predicted molar refractivity (Wildman–Crippen MR) is 94.8 cm³/mol. The Kier molecular flexibility index (Phi) is 4.81. The van der Waals surface area contributed by atoms with Crippen LogP contribution < -0.4 is 10.7 Å². The molecule has 0 unspecified atom stereocenters. The van der Waals surface area contributed by atoms with Gasteiger partial charge in [0.15, 0.2) is 5.13 Å². The molecule has 1 aromatic heterocycles. The smallest absolute Gasteiger partial charge is 0.262 e. The maximum atomic E-state index is 12.8. The van der Waals surface area contributed by atoms with Gasteiger partial charge in [-0.05, 0) is 36.8 Å². The molecule has 5 nitrogen and oxygen atoms in total. The summed E-state index contributed by atoms with van der Waals surface area (Å²) in [5.74, 6) is -0.600. The summed E-state index contributed by atoms with van der Waals surface area (Å²) in [6.07, 6.45) is 1.46. The van der Waals surface area contributed by atoms with Crippen LogP contribution in [0.5, 0.6) is 0 Å². The number of aromatic nitrogens is 1. The molecule has 0 radical (unpaired) electrons. The Morgan fingerprint density at radius 3 is 2.75 bits per heavy atom. The molecule has 1 atom stereocenters. The lowest BCUT2D eigenvalue weighted by Gasteiger charge is -2.10. The minimum atomic E-state index is -0.490. The molecule has 0 aliphatic heterocycles. The second kappa shape index (κ2) is 7.18. The number of anilines is 1. The number of carbonyl (C=O) groups is 1. The van der Waals surface area contributed by atoms with E-state index in [2.05, 4.69) is 20.8 Å². The molecular weight excluding hydrogens is 327 g/mol. The number of hydrogen-bond donors (Lipinski definition) is 2. The van der Waals surface area contributed by atoms with E-state index < -0.39 is 6.04 Å². The Hall–Kier alpha value is -2.80. The van der Waals surface area contributed by atoms with Gasteiger partial charge in [0, 0.05) is 0 Å². The van der Waals surface area contributed by atoms with Gasteiger partial charge < -0.3 is 5.32 Å². The van der Waals surface area contributed by atoms with Crippen LogP contribution >= 0.6 is 11.3 Å². The first-order valence-corrected chi connectivity index (χ1v) is 8.14. The van der Waals surface area contributed by atoms with Crippen LogP contribution in [0.15, 0.2) is 53.6 Å². The molecular formula is C17H15FN4OS. The highest BCUT2D eigenvalue weighted by molar-refractivity contribution is 7.22. The summed E-state index contributed by atoms with van der Waals surface area (Å²) in [4.78, 5) is 16.5. The lowest BCUT2D eigenvalue weighted by molar-refractivity contribution is -0.121. The van der Waals surface area contributed by atoms with Crippen LogP contribution in [0.2, 0.25) is 0 Å². The summed E-state index contributed by atoms with van der Waals surface area (Å²) < 4.78 is 13.9. The van der Waals surface area contributed by atoms with Crippen LogP contribution in [0.1, 0.15) is 12.5 Å². The highest BCUT2D eigenvalue weighted by atomic mass is 32.1. The largest absolute Gasteiger partial charge is 0.350 e. The van der Waals surface area contributed by atoms with Crippen molar-refractivity contribution in [1.82, 2.24) is 10.4 Å². The fourth-order valence-electron chi connectivity index (χ4n) is 2.00. The van der Waals surface area contributed by atoms with Crippen molar-refractivity contribution in [3.05, 3.63) is 59.9 Å². The van der Waals surface area contributed by atoms with E-state index in [9.17, 15) is 9.18 Å². The molecule has 2 N–H and O–H groups in total. The fourth-order valence-corrected chi connectivity index (χ4v) is 2.95. The van der Waals surface area contributed by atoms with Crippen LogP contribution in [0.4, 0.5) is 9.52 Å². The van der Waals surface area contributed by atoms with Crippen LogP contribution in [0.3, 0.4) is 0 Å². The Morgan fingerprint density at radius 1 is 1.25 bits per heavy atom. The van der Waals surface area contributed by atoms with Crippen LogP contribution in [0.25, 0.3) is 10.2 Å². The van der Waals surface area contributed by atoms with E-state index in [1.54, 1.807) is 19.1 Å². The van der Waals surface area contributed by atoms with Gasteiger partial charge in [-0.3, -0.25) is 4.79 Å². The van der Waals surface area contributed by atoms with E-state index in [4.69, 9.17) is 0 Å². The Labute approximate surface area is 142 Å². The van der Waals surface area contributed by atoms with Gasteiger partial charge in [-0.2, -0.15) is 5.10 Å².